The summed E-state index contributed by atoms with van der Waals surface area (Å²) in [5, 5.41) is 22.1. The lowest BCUT2D eigenvalue weighted by Gasteiger charge is -2.20. The fourth-order valence-electron chi connectivity index (χ4n) is 2.53. The van der Waals surface area contributed by atoms with E-state index in [1.54, 1.807) is 32.0 Å². The molecular formula is C18H21N3O4. The van der Waals surface area contributed by atoms with Crippen molar-refractivity contribution in [3.8, 4) is 0 Å². The third-order valence-corrected chi connectivity index (χ3v) is 3.93. The van der Waals surface area contributed by atoms with Crippen LogP contribution in [-0.2, 0) is 11.2 Å². The van der Waals surface area contributed by atoms with Crippen LogP contribution >= 0.6 is 0 Å². The van der Waals surface area contributed by atoms with E-state index in [0.717, 1.165) is 11.8 Å². The van der Waals surface area contributed by atoms with Gasteiger partial charge in [0.25, 0.3) is 5.69 Å². The van der Waals surface area contributed by atoms with Crippen molar-refractivity contribution >= 4 is 23.3 Å². The Morgan fingerprint density at radius 1 is 1.24 bits per heavy atom. The van der Waals surface area contributed by atoms with E-state index in [0.29, 0.717) is 17.7 Å². The van der Waals surface area contributed by atoms with Crippen molar-refractivity contribution in [3.05, 3.63) is 63.7 Å². The van der Waals surface area contributed by atoms with Gasteiger partial charge in [-0.15, -0.1) is 0 Å². The van der Waals surface area contributed by atoms with Crippen LogP contribution in [0.5, 0.6) is 0 Å². The first-order valence-electron chi connectivity index (χ1n) is 7.89. The predicted molar refractivity (Wildman–Crippen MR) is 95.7 cm³/mol. The molecule has 0 bridgehead atoms. The van der Waals surface area contributed by atoms with Crippen LogP contribution in [0.1, 0.15) is 30.9 Å². The number of anilines is 2. The third-order valence-electron chi connectivity index (χ3n) is 3.93. The van der Waals surface area contributed by atoms with Gasteiger partial charge in [-0.05, 0) is 42.7 Å². The average Bonchev–Trinajstić information content (AvgIpc) is 2.60. The second-order valence-electron chi connectivity index (χ2n) is 6.02. The highest BCUT2D eigenvalue weighted by Crippen LogP contribution is 2.33. The van der Waals surface area contributed by atoms with E-state index < -0.39 is 16.9 Å². The molecule has 132 valence electrons. The van der Waals surface area contributed by atoms with Crippen LogP contribution in [0, 0.1) is 10.1 Å². The second kappa shape index (κ2) is 7.87. The summed E-state index contributed by atoms with van der Waals surface area (Å²) in [7, 11) is 0. The molecule has 0 saturated heterocycles. The number of hydrogen-bond acceptors (Lipinski definition) is 6. The Morgan fingerprint density at radius 3 is 2.40 bits per heavy atom. The number of aliphatic hydroxyl groups is 1. The Kier molecular flexibility index (Phi) is 5.84. The normalized spacial score (nSPS) is 13.1. The van der Waals surface area contributed by atoms with Crippen molar-refractivity contribution in [1.82, 2.24) is 0 Å². The highest BCUT2D eigenvalue weighted by Gasteiger charge is 2.21. The van der Waals surface area contributed by atoms with Gasteiger partial charge in [-0.25, -0.2) is 5.84 Å². The number of nitrogens with zero attached hydrogens (tertiary/aromatic N) is 2. The second-order valence-corrected chi connectivity index (χ2v) is 6.02. The third kappa shape index (κ3) is 4.40. The van der Waals surface area contributed by atoms with Crippen LogP contribution in [0.4, 0.5) is 17.1 Å². The lowest BCUT2D eigenvalue weighted by molar-refractivity contribution is -0.384. The minimum absolute atomic E-state index is 0.165. The van der Waals surface area contributed by atoms with Gasteiger partial charge in [0, 0.05) is 12.0 Å². The van der Waals surface area contributed by atoms with Crippen LogP contribution in [0.3, 0.4) is 0 Å². The minimum Gasteiger partial charge on any atom is -0.393 e. The van der Waals surface area contributed by atoms with Crippen LogP contribution in [0.15, 0.2) is 42.5 Å². The molecule has 0 radical (unpaired) electrons. The summed E-state index contributed by atoms with van der Waals surface area (Å²) in [5.74, 6) is 5.64. The number of nitro groups is 1. The molecule has 25 heavy (non-hydrogen) atoms. The van der Waals surface area contributed by atoms with E-state index in [4.69, 9.17) is 5.84 Å². The number of aldehydes is 1. The average molecular weight is 343 g/mol. The Hall–Kier alpha value is -2.77. The molecule has 0 heterocycles. The molecule has 2 aromatic carbocycles. The maximum atomic E-state index is 11.4. The van der Waals surface area contributed by atoms with E-state index in [9.17, 15) is 20.0 Å². The number of rotatable bonds is 7. The molecule has 0 amide bonds. The lowest BCUT2D eigenvalue weighted by Crippen LogP contribution is -2.25. The Balaban J connectivity index is 2.36. The zero-order valence-electron chi connectivity index (χ0n) is 14.1. The summed E-state index contributed by atoms with van der Waals surface area (Å²) in [6.45, 7) is 3.38. The van der Waals surface area contributed by atoms with E-state index in [1.165, 1.54) is 17.1 Å². The van der Waals surface area contributed by atoms with Crippen molar-refractivity contribution in [2.45, 2.75) is 32.3 Å². The SMILES string of the molecule is CC(C=O)c1ccc(N(N)c2ccc(C[C@H](C)O)cc2)c([N+](=O)[O-])c1. The zero-order chi connectivity index (χ0) is 18.6. The number of carbonyl (C=O) groups excluding carboxylic acids is 1. The van der Waals surface area contributed by atoms with Gasteiger partial charge in [-0.2, -0.15) is 0 Å². The monoisotopic (exact) mass is 343 g/mol. The van der Waals surface area contributed by atoms with Crippen molar-refractivity contribution in [1.29, 1.82) is 0 Å². The summed E-state index contributed by atoms with van der Waals surface area (Å²) in [4.78, 5) is 21.8. The molecule has 7 heteroatoms. The van der Waals surface area contributed by atoms with E-state index in [1.807, 2.05) is 12.1 Å². The van der Waals surface area contributed by atoms with Crippen molar-refractivity contribution in [2.24, 2.45) is 5.84 Å². The topological polar surface area (TPSA) is 110 Å². The number of aliphatic hydroxyl groups excluding tert-OH is 1. The van der Waals surface area contributed by atoms with Gasteiger partial charge in [0.05, 0.1) is 16.7 Å². The number of nitro benzene ring substituents is 1. The highest BCUT2D eigenvalue weighted by atomic mass is 16.6. The van der Waals surface area contributed by atoms with Crippen molar-refractivity contribution in [3.63, 3.8) is 0 Å². The Bertz CT molecular complexity index is 759. The van der Waals surface area contributed by atoms with Crippen LogP contribution < -0.4 is 10.9 Å². The number of nitrogens with two attached hydrogens (primary N) is 1. The van der Waals surface area contributed by atoms with E-state index >= 15 is 0 Å². The van der Waals surface area contributed by atoms with Gasteiger partial charge in [0.1, 0.15) is 12.0 Å². The van der Waals surface area contributed by atoms with Gasteiger partial charge in [-0.1, -0.05) is 25.1 Å². The van der Waals surface area contributed by atoms with E-state index in [-0.39, 0.29) is 11.4 Å². The van der Waals surface area contributed by atoms with Gasteiger partial charge in [-0.3, -0.25) is 15.1 Å². The first-order chi connectivity index (χ1) is 11.8. The lowest BCUT2D eigenvalue weighted by atomic mass is 10.0. The van der Waals surface area contributed by atoms with Crippen molar-refractivity contribution < 1.29 is 14.8 Å². The maximum Gasteiger partial charge on any atom is 0.294 e. The molecule has 0 aliphatic rings. The fraction of sp³-hybridized carbons (Fsp3) is 0.278. The zero-order valence-corrected chi connectivity index (χ0v) is 14.1. The molecule has 0 fully saturated rings. The maximum absolute atomic E-state index is 11.4. The van der Waals surface area contributed by atoms with Gasteiger partial charge in [0.15, 0.2) is 0 Å². The van der Waals surface area contributed by atoms with E-state index in [2.05, 4.69) is 0 Å². The molecule has 7 nitrogen and oxygen atoms in total. The van der Waals surface area contributed by atoms with Crippen LogP contribution in [0.25, 0.3) is 0 Å². The molecule has 2 rings (SSSR count). The summed E-state index contributed by atoms with van der Waals surface area (Å²) in [6.07, 6.45) is 0.802. The molecule has 0 aromatic heterocycles. The first-order valence-corrected chi connectivity index (χ1v) is 7.89. The molecule has 0 aliphatic carbocycles. The number of hydrazine groups is 1. The molecular weight excluding hydrogens is 322 g/mol. The number of carbonyl (C=O) groups is 1. The number of hydrogen-bond donors (Lipinski definition) is 2. The quantitative estimate of drug-likeness (QED) is 0.346. The van der Waals surface area contributed by atoms with Crippen LogP contribution in [0.2, 0.25) is 0 Å². The largest absolute Gasteiger partial charge is 0.393 e. The van der Waals surface area contributed by atoms with Gasteiger partial charge < -0.3 is 9.90 Å². The first kappa shape index (κ1) is 18.6. The summed E-state index contributed by atoms with van der Waals surface area (Å²) in [5.41, 5.74) is 2.15. The van der Waals surface area contributed by atoms with Crippen LogP contribution in [-0.4, -0.2) is 22.4 Å². The molecule has 2 aromatic rings. The summed E-state index contributed by atoms with van der Waals surface area (Å²) in [6, 6.07) is 11.7. The number of benzene rings is 2. The summed E-state index contributed by atoms with van der Waals surface area (Å²) < 4.78 is 0. The fourth-order valence-corrected chi connectivity index (χ4v) is 2.53. The van der Waals surface area contributed by atoms with Gasteiger partial charge >= 0.3 is 0 Å². The summed E-state index contributed by atoms with van der Waals surface area (Å²) >= 11 is 0. The smallest absolute Gasteiger partial charge is 0.294 e. The Labute approximate surface area is 145 Å². The highest BCUT2D eigenvalue weighted by molar-refractivity contribution is 5.73. The molecule has 2 atom stereocenters. The molecule has 1 unspecified atom stereocenters. The van der Waals surface area contributed by atoms with Crippen molar-refractivity contribution in [2.75, 3.05) is 5.01 Å². The standard InChI is InChI=1S/C18H21N3O4/c1-12(11-22)15-5-8-17(18(10-15)21(24)25)20(19)16-6-3-14(4-7-16)9-13(2)23/h3-8,10-13,23H,9,19H2,1-2H3/t12?,13-/m0/s1. The van der Waals surface area contributed by atoms with Gasteiger partial charge in [0.2, 0.25) is 0 Å². The molecule has 3 N–H and O–H groups in total. The molecule has 0 spiro atoms. The molecule has 0 aliphatic heterocycles. The minimum atomic E-state index is -0.516. The molecule has 0 saturated carbocycles. The Morgan fingerprint density at radius 2 is 1.88 bits per heavy atom. The predicted octanol–water partition coefficient (Wildman–Crippen LogP) is 2.83.